The maximum absolute atomic E-state index is 5.43. The molecule has 0 saturated heterocycles. The molecule has 1 fully saturated rings. The summed E-state index contributed by atoms with van der Waals surface area (Å²) in [5, 5.41) is 3.91. The van der Waals surface area contributed by atoms with Crippen molar-refractivity contribution in [2.75, 3.05) is 6.61 Å². The molecule has 0 bridgehead atoms. The normalized spacial score (nSPS) is 16.5. The van der Waals surface area contributed by atoms with E-state index in [1.54, 1.807) is 0 Å². The SMILES string of the molecule is CC(C)c1cc(OCC2CC2)on1. The maximum Gasteiger partial charge on any atom is 0.311 e. The summed E-state index contributed by atoms with van der Waals surface area (Å²) in [4.78, 5) is 0. The van der Waals surface area contributed by atoms with Crippen molar-refractivity contribution < 1.29 is 9.26 Å². The van der Waals surface area contributed by atoms with Crippen LogP contribution < -0.4 is 4.74 Å². The van der Waals surface area contributed by atoms with E-state index in [1.165, 1.54) is 12.8 Å². The standard InChI is InChI=1S/C10H15NO2/c1-7(2)9-5-10(13-11-9)12-6-8-3-4-8/h5,7-8H,3-4,6H2,1-2H3. The van der Waals surface area contributed by atoms with Crippen LogP contribution in [0.3, 0.4) is 0 Å². The molecule has 1 heterocycles. The molecule has 0 N–H and O–H groups in total. The lowest BCUT2D eigenvalue weighted by atomic mass is 10.1. The molecular formula is C10H15NO2. The molecule has 1 aromatic rings. The van der Waals surface area contributed by atoms with Crippen LogP contribution in [0.2, 0.25) is 0 Å². The number of ether oxygens (including phenoxy) is 1. The van der Waals surface area contributed by atoms with Crippen LogP contribution in [-0.4, -0.2) is 11.8 Å². The first-order valence-electron chi connectivity index (χ1n) is 4.85. The van der Waals surface area contributed by atoms with Crippen LogP contribution in [0.25, 0.3) is 0 Å². The summed E-state index contributed by atoms with van der Waals surface area (Å²) in [6.45, 7) is 4.96. The molecule has 0 aromatic carbocycles. The zero-order valence-corrected chi connectivity index (χ0v) is 8.12. The number of aromatic nitrogens is 1. The van der Waals surface area contributed by atoms with Gasteiger partial charge in [-0.05, 0) is 24.7 Å². The predicted octanol–water partition coefficient (Wildman–Crippen LogP) is 2.59. The van der Waals surface area contributed by atoms with Gasteiger partial charge in [-0.2, -0.15) is 0 Å². The molecule has 0 spiro atoms. The van der Waals surface area contributed by atoms with Gasteiger partial charge in [0.05, 0.1) is 12.3 Å². The number of hydrogen-bond donors (Lipinski definition) is 0. The van der Waals surface area contributed by atoms with Gasteiger partial charge >= 0.3 is 5.95 Å². The van der Waals surface area contributed by atoms with Gasteiger partial charge < -0.3 is 9.26 Å². The Labute approximate surface area is 78.1 Å². The van der Waals surface area contributed by atoms with Gasteiger partial charge in [0.2, 0.25) is 0 Å². The molecule has 0 amide bonds. The average molecular weight is 181 g/mol. The van der Waals surface area contributed by atoms with Gasteiger partial charge in [0.25, 0.3) is 0 Å². The molecule has 0 atom stereocenters. The monoisotopic (exact) mass is 181 g/mol. The molecule has 0 unspecified atom stereocenters. The quantitative estimate of drug-likeness (QED) is 0.716. The molecule has 13 heavy (non-hydrogen) atoms. The molecule has 1 aliphatic carbocycles. The first-order valence-corrected chi connectivity index (χ1v) is 4.85. The zero-order chi connectivity index (χ0) is 9.26. The van der Waals surface area contributed by atoms with E-state index in [0.29, 0.717) is 11.9 Å². The molecule has 3 heteroatoms. The van der Waals surface area contributed by atoms with Crippen molar-refractivity contribution in [2.45, 2.75) is 32.6 Å². The Kier molecular flexibility index (Phi) is 2.25. The third-order valence-electron chi connectivity index (χ3n) is 2.26. The molecule has 2 rings (SSSR count). The fourth-order valence-electron chi connectivity index (χ4n) is 1.10. The summed E-state index contributed by atoms with van der Waals surface area (Å²) < 4.78 is 10.5. The van der Waals surface area contributed by atoms with E-state index < -0.39 is 0 Å². The van der Waals surface area contributed by atoms with Crippen LogP contribution in [0.5, 0.6) is 5.95 Å². The van der Waals surface area contributed by atoms with Crippen LogP contribution in [0, 0.1) is 5.92 Å². The second-order valence-electron chi connectivity index (χ2n) is 3.98. The Bertz CT molecular complexity index is 276. The molecule has 3 nitrogen and oxygen atoms in total. The molecule has 1 aliphatic rings. The third kappa shape index (κ3) is 2.23. The second-order valence-corrected chi connectivity index (χ2v) is 3.98. The van der Waals surface area contributed by atoms with E-state index in [4.69, 9.17) is 9.26 Å². The van der Waals surface area contributed by atoms with Crippen molar-refractivity contribution in [3.63, 3.8) is 0 Å². The lowest BCUT2D eigenvalue weighted by Gasteiger charge is -1.97. The highest BCUT2D eigenvalue weighted by molar-refractivity contribution is 5.13. The first kappa shape index (κ1) is 8.60. The largest absolute Gasteiger partial charge is 0.463 e. The number of nitrogens with zero attached hydrogens (tertiary/aromatic N) is 1. The van der Waals surface area contributed by atoms with Crippen LogP contribution in [0.15, 0.2) is 10.6 Å². The van der Waals surface area contributed by atoms with Gasteiger partial charge in [0, 0.05) is 6.07 Å². The zero-order valence-electron chi connectivity index (χ0n) is 8.12. The molecular weight excluding hydrogens is 166 g/mol. The highest BCUT2D eigenvalue weighted by Crippen LogP contribution is 2.30. The van der Waals surface area contributed by atoms with Gasteiger partial charge in [-0.1, -0.05) is 19.0 Å². The Balaban J connectivity index is 1.88. The molecule has 72 valence electrons. The minimum Gasteiger partial charge on any atom is -0.463 e. The first-order chi connectivity index (χ1) is 6.25. The second kappa shape index (κ2) is 3.40. The predicted molar refractivity (Wildman–Crippen MR) is 48.8 cm³/mol. The van der Waals surface area contributed by atoms with Crippen molar-refractivity contribution in [1.82, 2.24) is 5.16 Å². The van der Waals surface area contributed by atoms with Gasteiger partial charge in [-0.15, -0.1) is 0 Å². The molecule has 0 aliphatic heterocycles. The summed E-state index contributed by atoms with van der Waals surface area (Å²) in [6.07, 6.45) is 2.59. The van der Waals surface area contributed by atoms with Crippen molar-refractivity contribution >= 4 is 0 Å². The smallest absolute Gasteiger partial charge is 0.311 e. The minimum absolute atomic E-state index is 0.405. The van der Waals surface area contributed by atoms with Crippen LogP contribution in [0.4, 0.5) is 0 Å². The summed E-state index contributed by atoms with van der Waals surface area (Å²) in [5.41, 5.74) is 0.964. The van der Waals surface area contributed by atoms with Crippen molar-refractivity contribution in [3.8, 4) is 5.95 Å². The lowest BCUT2D eigenvalue weighted by molar-refractivity contribution is 0.204. The third-order valence-corrected chi connectivity index (χ3v) is 2.26. The minimum atomic E-state index is 0.405. The van der Waals surface area contributed by atoms with E-state index >= 15 is 0 Å². The van der Waals surface area contributed by atoms with Gasteiger partial charge in [0.1, 0.15) is 0 Å². The van der Waals surface area contributed by atoms with E-state index in [2.05, 4.69) is 19.0 Å². The summed E-state index contributed by atoms with van der Waals surface area (Å²) in [7, 11) is 0. The van der Waals surface area contributed by atoms with Gasteiger partial charge in [-0.25, -0.2) is 0 Å². The lowest BCUT2D eigenvalue weighted by Crippen LogP contribution is -1.97. The Morgan fingerprint density at radius 3 is 2.92 bits per heavy atom. The van der Waals surface area contributed by atoms with Crippen molar-refractivity contribution in [2.24, 2.45) is 5.92 Å². The molecule has 1 saturated carbocycles. The van der Waals surface area contributed by atoms with Gasteiger partial charge in [0.15, 0.2) is 0 Å². The van der Waals surface area contributed by atoms with Crippen molar-refractivity contribution in [1.29, 1.82) is 0 Å². The molecule has 0 radical (unpaired) electrons. The highest BCUT2D eigenvalue weighted by atomic mass is 16.6. The fourth-order valence-corrected chi connectivity index (χ4v) is 1.10. The van der Waals surface area contributed by atoms with E-state index in [0.717, 1.165) is 18.2 Å². The topological polar surface area (TPSA) is 35.3 Å². The highest BCUT2D eigenvalue weighted by Gasteiger charge is 2.22. The van der Waals surface area contributed by atoms with Crippen LogP contribution in [0.1, 0.15) is 38.3 Å². The van der Waals surface area contributed by atoms with E-state index in [9.17, 15) is 0 Å². The average Bonchev–Trinajstić information content (AvgIpc) is 2.79. The number of rotatable bonds is 4. The summed E-state index contributed by atoms with van der Waals surface area (Å²) in [5.74, 6) is 1.73. The summed E-state index contributed by atoms with van der Waals surface area (Å²) in [6, 6.07) is 1.88. The van der Waals surface area contributed by atoms with Crippen LogP contribution >= 0.6 is 0 Å². The Morgan fingerprint density at radius 2 is 2.38 bits per heavy atom. The van der Waals surface area contributed by atoms with Crippen molar-refractivity contribution in [3.05, 3.63) is 11.8 Å². The van der Waals surface area contributed by atoms with E-state index in [-0.39, 0.29) is 0 Å². The Morgan fingerprint density at radius 1 is 1.62 bits per heavy atom. The van der Waals surface area contributed by atoms with Gasteiger partial charge in [-0.3, -0.25) is 0 Å². The number of hydrogen-bond acceptors (Lipinski definition) is 3. The van der Waals surface area contributed by atoms with Crippen LogP contribution in [-0.2, 0) is 0 Å². The Hall–Kier alpha value is -0.990. The maximum atomic E-state index is 5.43. The van der Waals surface area contributed by atoms with E-state index in [1.807, 2.05) is 6.07 Å². The molecule has 1 aromatic heterocycles. The fraction of sp³-hybridized carbons (Fsp3) is 0.700. The summed E-state index contributed by atoms with van der Waals surface area (Å²) >= 11 is 0.